The fourth-order valence-electron chi connectivity index (χ4n) is 2.19. The van der Waals surface area contributed by atoms with Crippen molar-refractivity contribution in [2.45, 2.75) is 31.3 Å². The van der Waals surface area contributed by atoms with E-state index in [2.05, 4.69) is 15.6 Å². The highest BCUT2D eigenvalue weighted by Gasteiger charge is 2.31. The van der Waals surface area contributed by atoms with Crippen molar-refractivity contribution in [1.29, 1.82) is 0 Å². The zero-order valence-electron chi connectivity index (χ0n) is 12.9. The van der Waals surface area contributed by atoms with Crippen LogP contribution in [0.3, 0.4) is 0 Å². The van der Waals surface area contributed by atoms with E-state index >= 15 is 0 Å². The average Bonchev–Trinajstić information content (AvgIpc) is 2.53. The molecule has 0 spiro atoms. The summed E-state index contributed by atoms with van der Waals surface area (Å²) < 4.78 is 5.12. The van der Waals surface area contributed by atoms with Gasteiger partial charge in [0.05, 0.1) is 23.2 Å². The van der Waals surface area contributed by atoms with Crippen LogP contribution >= 0.6 is 23.4 Å². The van der Waals surface area contributed by atoms with E-state index < -0.39 is 5.97 Å². The number of carbonyl (C=O) groups is 2. The molecule has 0 saturated heterocycles. The highest BCUT2D eigenvalue weighted by atomic mass is 35.5. The Hall–Kier alpha value is -1.73. The molecule has 0 bridgehead atoms. The van der Waals surface area contributed by atoms with Crippen LogP contribution in [0, 0.1) is 0 Å². The summed E-state index contributed by atoms with van der Waals surface area (Å²) >= 11 is 7.44. The van der Waals surface area contributed by atoms with Gasteiger partial charge in [-0.05, 0) is 25.5 Å². The number of nitrogens with zero attached hydrogens (tertiary/aromatic N) is 1. The van der Waals surface area contributed by atoms with Crippen LogP contribution in [0.5, 0.6) is 0 Å². The van der Waals surface area contributed by atoms with Gasteiger partial charge < -0.3 is 15.4 Å². The number of rotatable bonds is 6. The third-order valence-corrected chi connectivity index (χ3v) is 4.67. The molecule has 6 nitrogen and oxygen atoms in total. The van der Waals surface area contributed by atoms with Crippen molar-refractivity contribution in [3.05, 3.63) is 34.6 Å². The van der Waals surface area contributed by atoms with Crippen LogP contribution in [0.15, 0.2) is 34.6 Å². The number of thioether (sulfide) groups is 1. The zero-order chi connectivity index (χ0) is 16.8. The third-order valence-electron chi connectivity index (χ3n) is 3.22. The monoisotopic (exact) mass is 355 g/mol. The molecule has 2 N–H and O–H groups in total. The van der Waals surface area contributed by atoms with E-state index in [0.717, 1.165) is 0 Å². The van der Waals surface area contributed by atoms with E-state index in [4.69, 9.17) is 16.3 Å². The number of hydrogen-bond acceptors (Lipinski definition) is 5. The number of pyridine rings is 1. The van der Waals surface area contributed by atoms with E-state index in [0.29, 0.717) is 33.5 Å². The maximum atomic E-state index is 12.2. The normalized spacial score (nSPS) is 17.5. The van der Waals surface area contributed by atoms with Gasteiger partial charge in [0.1, 0.15) is 5.03 Å². The van der Waals surface area contributed by atoms with Crippen LogP contribution in [-0.2, 0) is 9.53 Å². The summed E-state index contributed by atoms with van der Waals surface area (Å²) in [4.78, 5) is 28.2. The molecular formula is C15H18ClN3O3S. The molecule has 2 rings (SSSR count). The molecule has 8 heteroatoms. The molecule has 124 valence electrons. The van der Waals surface area contributed by atoms with Gasteiger partial charge in [-0.2, -0.15) is 0 Å². The quantitative estimate of drug-likeness (QED) is 0.605. The summed E-state index contributed by atoms with van der Waals surface area (Å²) in [6.45, 7) is 3.92. The molecule has 0 fully saturated rings. The van der Waals surface area contributed by atoms with Crippen LogP contribution in [0.25, 0.3) is 0 Å². The van der Waals surface area contributed by atoms with Crippen LogP contribution in [0.1, 0.15) is 20.3 Å². The molecule has 0 unspecified atom stereocenters. The van der Waals surface area contributed by atoms with Gasteiger partial charge in [-0.25, -0.2) is 14.6 Å². The summed E-state index contributed by atoms with van der Waals surface area (Å²) in [5.41, 5.74) is 0.985. The van der Waals surface area contributed by atoms with Gasteiger partial charge >= 0.3 is 12.0 Å². The predicted molar refractivity (Wildman–Crippen MR) is 89.4 cm³/mol. The second-order valence-electron chi connectivity index (χ2n) is 4.75. The van der Waals surface area contributed by atoms with Gasteiger partial charge in [0, 0.05) is 17.6 Å². The van der Waals surface area contributed by atoms with Crippen LogP contribution in [-0.4, -0.2) is 35.4 Å². The fourth-order valence-corrected chi connectivity index (χ4v) is 3.33. The molecule has 0 aliphatic carbocycles. The van der Waals surface area contributed by atoms with Crippen LogP contribution < -0.4 is 10.6 Å². The molecule has 2 amide bonds. The smallest absolute Gasteiger partial charge is 0.337 e. The Balaban J connectivity index is 2.26. The fraction of sp³-hybridized carbons (Fsp3) is 0.400. The van der Waals surface area contributed by atoms with E-state index in [9.17, 15) is 9.59 Å². The number of esters is 1. The SMILES string of the molecule is CCOC(=O)C1=C(CSc2ncccc2Cl)NC(=O)N[C@H]1CC. The number of nitrogens with one attached hydrogen (secondary N) is 2. The average molecular weight is 356 g/mol. The highest BCUT2D eigenvalue weighted by Crippen LogP contribution is 2.27. The molecule has 0 radical (unpaired) electrons. The second-order valence-corrected chi connectivity index (χ2v) is 6.12. The van der Waals surface area contributed by atoms with Crippen molar-refractivity contribution in [2.75, 3.05) is 12.4 Å². The van der Waals surface area contributed by atoms with Gasteiger partial charge in [-0.3, -0.25) is 0 Å². The summed E-state index contributed by atoms with van der Waals surface area (Å²) in [5.74, 6) is -0.0519. The van der Waals surface area contributed by atoms with Crippen LogP contribution in [0.4, 0.5) is 4.79 Å². The standard InChI is InChI=1S/C15H18ClN3O3S/c1-3-10-12(14(20)22-4-2)11(19-15(21)18-10)8-23-13-9(16)6-5-7-17-13/h5-7,10H,3-4,8H2,1-2H3,(H2,18,19,21)/t10-/m0/s1. The van der Waals surface area contributed by atoms with E-state index in [1.165, 1.54) is 11.8 Å². The lowest BCUT2D eigenvalue weighted by Gasteiger charge is -2.28. The lowest BCUT2D eigenvalue weighted by Crippen LogP contribution is -2.50. The molecule has 0 aromatic carbocycles. The Morgan fingerprint density at radius 2 is 2.26 bits per heavy atom. The molecule has 1 aromatic heterocycles. The molecule has 1 aromatic rings. The minimum Gasteiger partial charge on any atom is -0.463 e. The van der Waals surface area contributed by atoms with Gasteiger partial charge in [0.2, 0.25) is 0 Å². The molecule has 1 atom stereocenters. The van der Waals surface area contributed by atoms with Crippen molar-refractivity contribution < 1.29 is 14.3 Å². The van der Waals surface area contributed by atoms with Gasteiger partial charge in [0.15, 0.2) is 0 Å². The first-order valence-corrected chi connectivity index (χ1v) is 8.64. The first-order valence-electron chi connectivity index (χ1n) is 7.27. The molecular weight excluding hydrogens is 338 g/mol. The van der Waals surface area contributed by atoms with Crippen LogP contribution in [0.2, 0.25) is 5.02 Å². The Kier molecular flexibility index (Phi) is 6.29. The van der Waals surface area contributed by atoms with Crippen molar-refractivity contribution in [2.24, 2.45) is 0 Å². The number of hydrogen-bond donors (Lipinski definition) is 2. The minimum absolute atomic E-state index is 0.277. The van der Waals surface area contributed by atoms with Crippen molar-refractivity contribution in [3.63, 3.8) is 0 Å². The lowest BCUT2D eigenvalue weighted by molar-refractivity contribution is -0.139. The predicted octanol–water partition coefficient (Wildman–Crippen LogP) is 2.74. The van der Waals surface area contributed by atoms with E-state index in [-0.39, 0.29) is 18.7 Å². The van der Waals surface area contributed by atoms with E-state index in [1.807, 2.05) is 6.92 Å². The summed E-state index contributed by atoms with van der Waals surface area (Å²) in [5, 5.41) is 6.61. The van der Waals surface area contributed by atoms with E-state index in [1.54, 1.807) is 25.3 Å². The Labute approximate surface area is 144 Å². The first kappa shape index (κ1) is 17.6. The molecule has 1 aliphatic rings. The highest BCUT2D eigenvalue weighted by molar-refractivity contribution is 7.99. The molecule has 0 saturated carbocycles. The van der Waals surface area contributed by atoms with Gasteiger partial charge in [-0.1, -0.05) is 30.3 Å². The molecule has 1 aliphatic heterocycles. The number of carbonyl (C=O) groups excluding carboxylic acids is 2. The minimum atomic E-state index is -0.422. The Morgan fingerprint density at radius 1 is 1.48 bits per heavy atom. The Morgan fingerprint density at radius 3 is 2.91 bits per heavy atom. The zero-order valence-corrected chi connectivity index (χ0v) is 14.5. The van der Waals surface area contributed by atoms with Gasteiger partial charge in [-0.15, -0.1) is 0 Å². The third kappa shape index (κ3) is 4.39. The maximum Gasteiger partial charge on any atom is 0.337 e. The second kappa shape index (κ2) is 8.21. The lowest BCUT2D eigenvalue weighted by atomic mass is 10.0. The summed E-state index contributed by atoms with van der Waals surface area (Å²) in [6.07, 6.45) is 2.24. The number of amides is 2. The summed E-state index contributed by atoms with van der Waals surface area (Å²) in [7, 11) is 0. The van der Waals surface area contributed by atoms with Crippen molar-refractivity contribution >= 4 is 35.4 Å². The number of ether oxygens (including phenoxy) is 1. The topological polar surface area (TPSA) is 80.3 Å². The first-order chi connectivity index (χ1) is 11.1. The van der Waals surface area contributed by atoms with Gasteiger partial charge in [0.25, 0.3) is 0 Å². The number of aromatic nitrogens is 1. The largest absolute Gasteiger partial charge is 0.463 e. The number of halogens is 1. The van der Waals surface area contributed by atoms with Crippen molar-refractivity contribution in [3.8, 4) is 0 Å². The Bertz CT molecular complexity index is 636. The molecule has 2 heterocycles. The number of urea groups is 1. The maximum absolute atomic E-state index is 12.2. The summed E-state index contributed by atoms with van der Waals surface area (Å²) in [6, 6.07) is 2.80. The van der Waals surface area contributed by atoms with Crippen molar-refractivity contribution in [1.82, 2.24) is 15.6 Å². The molecule has 23 heavy (non-hydrogen) atoms.